The summed E-state index contributed by atoms with van der Waals surface area (Å²) < 4.78 is 72.8. The monoisotopic (exact) mass is 210 g/mol. The highest BCUT2D eigenvalue weighted by atomic mass is 32.2. The van der Waals surface area contributed by atoms with Crippen molar-refractivity contribution in [2.45, 2.75) is 17.8 Å². The van der Waals surface area contributed by atoms with Gasteiger partial charge in [-0.05, 0) is 0 Å². The molecule has 0 aromatic carbocycles. The molecule has 1 atom stereocenters. The molecule has 0 radical (unpaired) electrons. The molecule has 1 rings (SSSR count). The van der Waals surface area contributed by atoms with Gasteiger partial charge in [0.15, 0.2) is 0 Å². The third-order valence-electron chi connectivity index (χ3n) is 1.61. The molecule has 12 heavy (non-hydrogen) atoms. The maximum atomic E-state index is 12.7. The second kappa shape index (κ2) is 2.46. The molecule has 72 valence electrons. The van der Waals surface area contributed by atoms with Crippen LogP contribution in [0.25, 0.3) is 0 Å². The molecule has 7 heteroatoms. The second-order valence-electron chi connectivity index (χ2n) is 2.50. The predicted octanol–water partition coefficient (Wildman–Crippen LogP) is 2.64. The quantitative estimate of drug-likeness (QED) is 0.554. The lowest BCUT2D eigenvalue weighted by molar-refractivity contribution is -0.282. The number of halogens is 6. The van der Waals surface area contributed by atoms with E-state index < -0.39 is 29.3 Å². The Morgan fingerprint density at radius 1 is 1.00 bits per heavy atom. The molecule has 1 aliphatic heterocycles. The van der Waals surface area contributed by atoms with Gasteiger partial charge in [-0.2, -0.15) is 24.9 Å². The summed E-state index contributed by atoms with van der Waals surface area (Å²) in [6, 6.07) is 0. The van der Waals surface area contributed by atoms with Crippen LogP contribution in [-0.4, -0.2) is 29.3 Å². The van der Waals surface area contributed by atoms with Gasteiger partial charge in [0.05, 0.1) is 5.75 Å². The van der Waals surface area contributed by atoms with Crippen molar-refractivity contribution >= 4 is 11.8 Å². The van der Waals surface area contributed by atoms with Crippen LogP contribution < -0.4 is 0 Å². The topological polar surface area (TPSA) is 0 Å². The zero-order valence-corrected chi connectivity index (χ0v) is 6.41. The summed E-state index contributed by atoms with van der Waals surface area (Å²) in [6.07, 6.45) is -5.49. The zero-order chi connectivity index (χ0) is 9.62. The number of rotatable bonds is 0. The Morgan fingerprint density at radius 3 is 1.67 bits per heavy atom. The average molecular weight is 210 g/mol. The van der Waals surface area contributed by atoms with Crippen LogP contribution in [0.1, 0.15) is 0 Å². The molecule has 1 heterocycles. The Hall–Kier alpha value is -0.0700. The van der Waals surface area contributed by atoms with E-state index in [4.69, 9.17) is 0 Å². The fourth-order valence-electron chi connectivity index (χ4n) is 0.829. The van der Waals surface area contributed by atoms with Crippen molar-refractivity contribution in [2.24, 2.45) is 0 Å². The van der Waals surface area contributed by atoms with Crippen LogP contribution in [0.15, 0.2) is 0 Å². The summed E-state index contributed by atoms with van der Waals surface area (Å²) in [5, 5.41) is 0. The Labute approximate surface area is 68.3 Å². The van der Waals surface area contributed by atoms with E-state index in [2.05, 4.69) is 0 Å². The van der Waals surface area contributed by atoms with E-state index >= 15 is 0 Å². The van der Waals surface area contributed by atoms with Crippen molar-refractivity contribution < 1.29 is 26.3 Å². The fourth-order valence-corrected chi connectivity index (χ4v) is 2.07. The molecule has 0 amide bonds. The van der Waals surface area contributed by atoms with E-state index in [1.165, 1.54) is 0 Å². The van der Waals surface area contributed by atoms with Gasteiger partial charge < -0.3 is 0 Å². The summed E-state index contributed by atoms with van der Waals surface area (Å²) in [5.74, 6) is -6.62. The molecule has 0 aromatic rings. The van der Waals surface area contributed by atoms with Gasteiger partial charge in [0, 0.05) is 5.75 Å². The largest absolute Gasteiger partial charge is 0.429 e. The Morgan fingerprint density at radius 2 is 1.50 bits per heavy atom. The van der Waals surface area contributed by atoms with Gasteiger partial charge in [-0.25, -0.2) is 13.2 Å². The SMILES string of the molecule is FC(F)(F)C1(F)CSCC1(F)F. The van der Waals surface area contributed by atoms with Gasteiger partial charge in [0.1, 0.15) is 0 Å². The molecule has 0 spiro atoms. The zero-order valence-electron chi connectivity index (χ0n) is 5.59. The molecule has 1 saturated heterocycles. The number of hydrogen-bond acceptors (Lipinski definition) is 1. The second-order valence-corrected chi connectivity index (χ2v) is 3.48. The molecule has 0 saturated carbocycles. The number of alkyl halides is 6. The van der Waals surface area contributed by atoms with E-state index in [1.54, 1.807) is 0 Å². The molecule has 0 N–H and O–H groups in total. The first kappa shape index (κ1) is 10.0. The van der Waals surface area contributed by atoms with Crippen molar-refractivity contribution in [1.29, 1.82) is 0 Å². The number of hydrogen-bond donors (Lipinski definition) is 0. The molecule has 0 aromatic heterocycles. The lowest BCUT2D eigenvalue weighted by atomic mass is 10.0. The molecular formula is C5H4F6S. The highest BCUT2D eigenvalue weighted by Crippen LogP contribution is 2.52. The van der Waals surface area contributed by atoms with Crippen molar-refractivity contribution in [3.8, 4) is 0 Å². The van der Waals surface area contributed by atoms with Crippen LogP contribution in [0.3, 0.4) is 0 Å². The molecule has 0 aliphatic carbocycles. The normalized spacial score (nSPS) is 35.5. The van der Waals surface area contributed by atoms with Crippen LogP contribution >= 0.6 is 11.8 Å². The van der Waals surface area contributed by atoms with Crippen LogP contribution in [0, 0.1) is 0 Å². The summed E-state index contributed by atoms with van der Waals surface area (Å²) in [7, 11) is 0. The fraction of sp³-hybridized carbons (Fsp3) is 1.00. The van der Waals surface area contributed by atoms with Crippen LogP contribution in [0.5, 0.6) is 0 Å². The first-order chi connectivity index (χ1) is 5.21. The average Bonchev–Trinajstić information content (AvgIpc) is 2.07. The minimum atomic E-state index is -5.49. The van der Waals surface area contributed by atoms with Gasteiger partial charge >= 0.3 is 6.18 Å². The lowest BCUT2D eigenvalue weighted by Gasteiger charge is -2.27. The van der Waals surface area contributed by atoms with E-state index in [9.17, 15) is 26.3 Å². The molecular weight excluding hydrogens is 206 g/mol. The molecule has 1 fully saturated rings. The van der Waals surface area contributed by atoms with Crippen molar-refractivity contribution in [3.05, 3.63) is 0 Å². The van der Waals surface area contributed by atoms with E-state index in [1.807, 2.05) is 0 Å². The van der Waals surface area contributed by atoms with Gasteiger partial charge in [0.2, 0.25) is 0 Å². The van der Waals surface area contributed by atoms with E-state index in [0.717, 1.165) is 0 Å². The van der Waals surface area contributed by atoms with E-state index in [0.29, 0.717) is 0 Å². The summed E-state index contributed by atoms with van der Waals surface area (Å²) >= 11 is 0.270. The predicted molar refractivity (Wildman–Crippen MR) is 32.2 cm³/mol. The molecule has 1 aliphatic rings. The number of thioether (sulfide) groups is 1. The molecule has 0 nitrogen and oxygen atoms in total. The summed E-state index contributed by atoms with van der Waals surface area (Å²) in [6.45, 7) is 0. The lowest BCUT2D eigenvalue weighted by Crippen LogP contribution is -2.54. The Bertz CT molecular complexity index is 187. The standard InChI is InChI=1S/C5H4F6S/c6-3(5(9,10)11)1-12-2-4(3,7)8/h1-2H2. The Kier molecular flexibility index (Phi) is 2.05. The van der Waals surface area contributed by atoms with Gasteiger partial charge in [-0.15, -0.1) is 0 Å². The molecule has 0 bridgehead atoms. The maximum absolute atomic E-state index is 12.7. The Balaban J connectivity index is 2.98. The molecule has 1 unspecified atom stereocenters. The van der Waals surface area contributed by atoms with Crippen molar-refractivity contribution in [2.75, 3.05) is 11.5 Å². The van der Waals surface area contributed by atoms with Gasteiger partial charge in [0.25, 0.3) is 11.6 Å². The first-order valence-corrected chi connectivity index (χ1v) is 4.07. The highest BCUT2D eigenvalue weighted by Gasteiger charge is 2.73. The third-order valence-corrected chi connectivity index (χ3v) is 2.78. The summed E-state index contributed by atoms with van der Waals surface area (Å²) in [4.78, 5) is 0. The van der Waals surface area contributed by atoms with E-state index in [-0.39, 0.29) is 11.8 Å². The summed E-state index contributed by atoms with van der Waals surface area (Å²) in [5.41, 5.74) is -4.34. The van der Waals surface area contributed by atoms with Gasteiger partial charge in [-0.1, -0.05) is 0 Å². The third kappa shape index (κ3) is 1.18. The van der Waals surface area contributed by atoms with Crippen molar-refractivity contribution in [1.82, 2.24) is 0 Å². The van der Waals surface area contributed by atoms with Crippen LogP contribution in [0.2, 0.25) is 0 Å². The van der Waals surface area contributed by atoms with Crippen LogP contribution in [0.4, 0.5) is 26.3 Å². The van der Waals surface area contributed by atoms with Gasteiger partial charge in [-0.3, -0.25) is 0 Å². The smallest absolute Gasteiger partial charge is 0.226 e. The van der Waals surface area contributed by atoms with Crippen LogP contribution in [-0.2, 0) is 0 Å². The van der Waals surface area contributed by atoms with Crippen molar-refractivity contribution in [3.63, 3.8) is 0 Å². The maximum Gasteiger partial charge on any atom is 0.429 e. The minimum absolute atomic E-state index is 0.270. The highest BCUT2D eigenvalue weighted by molar-refractivity contribution is 7.99. The minimum Gasteiger partial charge on any atom is -0.226 e. The first-order valence-electron chi connectivity index (χ1n) is 2.92.